The zero-order valence-electron chi connectivity index (χ0n) is 14.7. The minimum absolute atomic E-state index is 0.0429. The summed E-state index contributed by atoms with van der Waals surface area (Å²) in [6.45, 7) is 2.44. The van der Waals surface area contributed by atoms with E-state index < -0.39 is 16.2 Å². The summed E-state index contributed by atoms with van der Waals surface area (Å²) in [5.41, 5.74) is 2.66. The van der Waals surface area contributed by atoms with Gasteiger partial charge in [-0.25, -0.2) is 10.2 Å². The van der Waals surface area contributed by atoms with Crippen molar-refractivity contribution in [2.24, 2.45) is 12.1 Å². The largest absolute Gasteiger partial charge is 0.329 e. The number of non-ortho nitro benzene ring substituents is 1. The summed E-state index contributed by atoms with van der Waals surface area (Å²) in [6.07, 6.45) is 2.14. The van der Waals surface area contributed by atoms with E-state index in [4.69, 9.17) is 0 Å². The normalized spacial score (nSPS) is 11.3. The van der Waals surface area contributed by atoms with Gasteiger partial charge in [0.25, 0.3) is 11.2 Å². The lowest BCUT2D eigenvalue weighted by molar-refractivity contribution is -0.384. The Balaban J connectivity index is 1.98. The Morgan fingerprint density at radius 3 is 2.89 bits per heavy atom. The predicted molar refractivity (Wildman–Crippen MR) is 100 cm³/mol. The van der Waals surface area contributed by atoms with Crippen molar-refractivity contribution in [2.45, 2.75) is 19.9 Å². The molecule has 0 amide bonds. The summed E-state index contributed by atoms with van der Waals surface area (Å²) in [6, 6.07) is 6.00. The number of fused-ring (bicyclic) bond motifs is 1. The number of nitro benzene ring substituents is 1. The van der Waals surface area contributed by atoms with E-state index in [9.17, 15) is 19.7 Å². The molecule has 140 valence electrons. The molecule has 0 radical (unpaired) electrons. The summed E-state index contributed by atoms with van der Waals surface area (Å²) in [4.78, 5) is 40.9. The van der Waals surface area contributed by atoms with Crippen molar-refractivity contribution in [3.05, 3.63) is 60.8 Å². The number of nitrogens with zero attached hydrogens (tertiary/aromatic N) is 5. The third-order valence-electron chi connectivity index (χ3n) is 3.91. The van der Waals surface area contributed by atoms with Crippen molar-refractivity contribution in [1.82, 2.24) is 19.1 Å². The molecule has 0 fully saturated rings. The number of hydrazone groups is 1. The number of anilines is 1. The summed E-state index contributed by atoms with van der Waals surface area (Å²) < 4.78 is 2.89. The monoisotopic (exact) mass is 371 g/mol. The summed E-state index contributed by atoms with van der Waals surface area (Å²) >= 11 is 0. The first-order valence-corrected chi connectivity index (χ1v) is 8.15. The molecular formula is C16H17N7O4. The number of aromatic amines is 1. The quantitative estimate of drug-likeness (QED) is 0.379. The topological polar surface area (TPSA) is 140 Å². The molecule has 2 heterocycles. The van der Waals surface area contributed by atoms with Gasteiger partial charge in [0.2, 0.25) is 5.95 Å². The molecule has 2 N–H and O–H groups in total. The molecule has 0 aliphatic carbocycles. The van der Waals surface area contributed by atoms with Crippen molar-refractivity contribution >= 4 is 29.0 Å². The van der Waals surface area contributed by atoms with Crippen LogP contribution in [0.2, 0.25) is 0 Å². The van der Waals surface area contributed by atoms with E-state index in [-0.39, 0.29) is 16.9 Å². The average molecular weight is 371 g/mol. The molecule has 3 rings (SSSR count). The van der Waals surface area contributed by atoms with E-state index in [0.29, 0.717) is 18.1 Å². The van der Waals surface area contributed by atoms with Crippen LogP contribution in [0.25, 0.3) is 11.2 Å². The van der Waals surface area contributed by atoms with E-state index in [0.717, 1.165) is 6.42 Å². The first kappa shape index (κ1) is 18.0. The van der Waals surface area contributed by atoms with E-state index in [1.165, 1.54) is 30.0 Å². The molecule has 0 aliphatic rings. The van der Waals surface area contributed by atoms with E-state index in [1.54, 1.807) is 16.7 Å². The molecule has 3 aromatic rings. The van der Waals surface area contributed by atoms with Crippen LogP contribution in [0.15, 0.2) is 39.0 Å². The van der Waals surface area contributed by atoms with Crippen molar-refractivity contribution < 1.29 is 4.92 Å². The fourth-order valence-electron chi connectivity index (χ4n) is 2.64. The molecule has 1 aromatic carbocycles. The number of hydrogen-bond donors (Lipinski definition) is 2. The molecule has 0 saturated carbocycles. The second kappa shape index (κ2) is 7.23. The van der Waals surface area contributed by atoms with Crippen molar-refractivity contribution in [1.29, 1.82) is 0 Å². The number of H-pyrrole nitrogens is 1. The summed E-state index contributed by atoms with van der Waals surface area (Å²) in [5.74, 6) is 0.292. The van der Waals surface area contributed by atoms with Crippen LogP contribution in [0, 0.1) is 10.1 Å². The van der Waals surface area contributed by atoms with E-state index >= 15 is 0 Å². The van der Waals surface area contributed by atoms with Crippen molar-refractivity contribution in [3.63, 3.8) is 0 Å². The molecule has 0 saturated heterocycles. The average Bonchev–Trinajstić information content (AvgIpc) is 2.99. The highest BCUT2D eigenvalue weighted by molar-refractivity contribution is 5.81. The second-order valence-corrected chi connectivity index (χ2v) is 5.80. The Kier molecular flexibility index (Phi) is 4.83. The smallest absolute Gasteiger partial charge is 0.303 e. The lowest BCUT2D eigenvalue weighted by Gasteiger charge is -2.05. The van der Waals surface area contributed by atoms with Gasteiger partial charge >= 0.3 is 5.69 Å². The molecule has 27 heavy (non-hydrogen) atoms. The van der Waals surface area contributed by atoms with Crippen molar-refractivity contribution in [2.75, 3.05) is 5.43 Å². The number of aromatic nitrogens is 4. The van der Waals surface area contributed by atoms with Crippen LogP contribution in [0.3, 0.4) is 0 Å². The van der Waals surface area contributed by atoms with Crippen LogP contribution in [-0.4, -0.2) is 30.2 Å². The van der Waals surface area contributed by atoms with Gasteiger partial charge in [-0.1, -0.05) is 19.1 Å². The van der Waals surface area contributed by atoms with Gasteiger partial charge in [0.05, 0.1) is 11.1 Å². The lowest BCUT2D eigenvalue weighted by Crippen LogP contribution is -2.29. The van der Waals surface area contributed by atoms with Crippen LogP contribution in [0.5, 0.6) is 0 Å². The van der Waals surface area contributed by atoms with Gasteiger partial charge in [0.15, 0.2) is 11.2 Å². The molecule has 0 atom stereocenters. The fourth-order valence-corrected chi connectivity index (χ4v) is 2.64. The van der Waals surface area contributed by atoms with Crippen LogP contribution < -0.4 is 16.7 Å². The van der Waals surface area contributed by atoms with Gasteiger partial charge in [-0.15, -0.1) is 0 Å². The first-order chi connectivity index (χ1) is 12.9. The van der Waals surface area contributed by atoms with Crippen molar-refractivity contribution in [3.8, 4) is 0 Å². The zero-order valence-corrected chi connectivity index (χ0v) is 14.7. The van der Waals surface area contributed by atoms with E-state index in [2.05, 4.69) is 20.5 Å². The Morgan fingerprint density at radius 1 is 1.41 bits per heavy atom. The maximum Gasteiger partial charge on any atom is 0.329 e. The number of nitrogens with one attached hydrogen (secondary N) is 2. The number of rotatable bonds is 6. The van der Waals surface area contributed by atoms with Gasteiger partial charge in [0, 0.05) is 31.3 Å². The molecule has 0 bridgehead atoms. The second-order valence-electron chi connectivity index (χ2n) is 5.80. The highest BCUT2D eigenvalue weighted by Gasteiger charge is 2.16. The van der Waals surface area contributed by atoms with Gasteiger partial charge in [-0.2, -0.15) is 10.1 Å². The highest BCUT2D eigenvalue weighted by atomic mass is 16.6. The van der Waals surface area contributed by atoms with E-state index in [1.807, 2.05) is 6.92 Å². The van der Waals surface area contributed by atoms with Crippen LogP contribution in [0.1, 0.15) is 18.9 Å². The SMILES string of the molecule is CCCn1c(NN=Cc2cccc([N+](=O)[O-])c2)nc2c1c(=O)[nH]c(=O)n2C. The van der Waals surface area contributed by atoms with Crippen LogP contribution >= 0.6 is 0 Å². The Hall–Kier alpha value is -3.76. The molecule has 11 heteroatoms. The van der Waals surface area contributed by atoms with Gasteiger partial charge in [0.1, 0.15) is 0 Å². The molecule has 11 nitrogen and oxygen atoms in total. The fraction of sp³-hybridized carbons (Fsp3) is 0.250. The molecule has 2 aromatic heterocycles. The summed E-state index contributed by atoms with van der Waals surface area (Å²) in [7, 11) is 1.51. The standard InChI is InChI=1S/C16H17N7O4/c1-3-7-22-12-13(21(2)16(25)19-14(12)24)18-15(22)20-17-9-10-5-4-6-11(8-10)23(26)27/h4-6,8-9H,3,7H2,1-2H3,(H,18,20)(H,19,24,25). The molecular weight excluding hydrogens is 354 g/mol. The predicted octanol–water partition coefficient (Wildman–Crippen LogP) is 1.19. The zero-order chi connectivity index (χ0) is 19.6. The Morgan fingerprint density at radius 2 is 2.19 bits per heavy atom. The number of benzene rings is 1. The molecule has 0 aliphatic heterocycles. The molecule has 0 spiro atoms. The molecule has 0 unspecified atom stereocenters. The third-order valence-corrected chi connectivity index (χ3v) is 3.91. The Labute approximate surface area is 152 Å². The minimum atomic E-state index is -0.555. The van der Waals surface area contributed by atoms with Gasteiger partial charge < -0.3 is 4.57 Å². The van der Waals surface area contributed by atoms with Gasteiger partial charge in [-0.05, 0) is 6.42 Å². The number of hydrogen-bond acceptors (Lipinski definition) is 7. The maximum atomic E-state index is 12.2. The highest BCUT2D eigenvalue weighted by Crippen LogP contribution is 2.16. The number of nitro groups is 1. The Bertz CT molecular complexity index is 1160. The minimum Gasteiger partial charge on any atom is -0.303 e. The lowest BCUT2D eigenvalue weighted by atomic mass is 10.2. The number of imidazole rings is 1. The first-order valence-electron chi connectivity index (χ1n) is 8.15. The third kappa shape index (κ3) is 3.47. The van der Waals surface area contributed by atoms with Crippen LogP contribution in [-0.2, 0) is 13.6 Å². The summed E-state index contributed by atoms with van der Waals surface area (Å²) in [5, 5.41) is 14.9. The van der Waals surface area contributed by atoms with Crippen LogP contribution in [0.4, 0.5) is 11.6 Å². The van der Waals surface area contributed by atoms with Gasteiger partial charge in [-0.3, -0.25) is 24.5 Å². The maximum absolute atomic E-state index is 12.2. The number of aryl methyl sites for hydroxylation is 2.